The summed E-state index contributed by atoms with van der Waals surface area (Å²) in [5, 5.41) is 9.67. The van der Waals surface area contributed by atoms with Gasteiger partial charge in [0.05, 0.1) is 6.61 Å². The Hall–Kier alpha value is -0.630. The third-order valence-corrected chi connectivity index (χ3v) is 5.16. The SMILES string of the molecule is CC1=CC(=O)C2C(C)(C)CCC[C@]2(C)[C@H]1CO. The van der Waals surface area contributed by atoms with E-state index in [2.05, 4.69) is 20.8 Å². The van der Waals surface area contributed by atoms with Crippen molar-refractivity contribution in [2.24, 2.45) is 22.7 Å². The van der Waals surface area contributed by atoms with Gasteiger partial charge in [0.25, 0.3) is 0 Å². The van der Waals surface area contributed by atoms with E-state index in [1.54, 1.807) is 6.08 Å². The lowest BCUT2D eigenvalue weighted by Gasteiger charge is -2.55. The fourth-order valence-corrected chi connectivity index (χ4v) is 4.47. The van der Waals surface area contributed by atoms with Gasteiger partial charge < -0.3 is 5.11 Å². The van der Waals surface area contributed by atoms with Gasteiger partial charge in [-0.1, -0.05) is 32.8 Å². The van der Waals surface area contributed by atoms with Gasteiger partial charge in [0, 0.05) is 11.8 Å². The largest absolute Gasteiger partial charge is 0.396 e. The van der Waals surface area contributed by atoms with Crippen molar-refractivity contribution in [2.75, 3.05) is 6.61 Å². The molecule has 2 heteroatoms. The van der Waals surface area contributed by atoms with Crippen LogP contribution in [0.4, 0.5) is 0 Å². The quantitative estimate of drug-likeness (QED) is 0.760. The molecule has 0 aromatic carbocycles. The Morgan fingerprint density at radius 3 is 2.59 bits per heavy atom. The summed E-state index contributed by atoms with van der Waals surface area (Å²) in [4.78, 5) is 12.4. The molecule has 17 heavy (non-hydrogen) atoms. The number of carbonyl (C=O) groups is 1. The molecule has 96 valence electrons. The maximum atomic E-state index is 12.4. The van der Waals surface area contributed by atoms with Crippen LogP contribution in [0.25, 0.3) is 0 Å². The van der Waals surface area contributed by atoms with Crippen LogP contribution in [0.3, 0.4) is 0 Å². The lowest BCUT2D eigenvalue weighted by Crippen LogP contribution is -2.53. The molecule has 0 heterocycles. The number of carbonyl (C=O) groups excluding carboxylic acids is 1. The fraction of sp³-hybridized carbons (Fsp3) is 0.800. The van der Waals surface area contributed by atoms with Gasteiger partial charge in [-0.2, -0.15) is 0 Å². The number of fused-ring (bicyclic) bond motifs is 1. The zero-order chi connectivity index (χ0) is 12.8. The molecule has 0 spiro atoms. The summed E-state index contributed by atoms with van der Waals surface area (Å²) in [5.41, 5.74) is 1.08. The first-order valence-electron chi connectivity index (χ1n) is 6.66. The third kappa shape index (κ3) is 1.77. The van der Waals surface area contributed by atoms with Crippen molar-refractivity contribution in [3.05, 3.63) is 11.6 Å². The van der Waals surface area contributed by atoms with E-state index in [9.17, 15) is 9.90 Å². The summed E-state index contributed by atoms with van der Waals surface area (Å²) >= 11 is 0. The Morgan fingerprint density at radius 2 is 2.00 bits per heavy atom. The van der Waals surface area contributed by atoms with E-state index in [0.717, 1.165) is 24.8 Å². The van der Waals surface area contributed by atoms with Crippen molar-refractivity contribution in [3.63, 3.8) is 0 Å². The molecular formula is C15H24O2. The van der Waals surface area contributed by atoms with Crippen molar-refractivity contribution in [3.8, 4) is 0 Å². The van der Waals surface area contributed by atoms with Crippen LogP contribution in [0.1, 0.15) is 47.0 Å². The molecule has 1 N–H and O–H groups in total. The predicted octanol–water partition coefficient (Wildman–Crippen LogP) is 2.96. The van der Waals surface area contributed by atoms with Crippen LogP contribution in [0.5, 0.6) is 0 Å². The van der Waals surface area contributed by atoms with Gasteiger partial charge in [0.1, 0.15) is 0 Å². The van der Waals surface area contributed by atoms with E-state index in [1.165, 1.54) is 0 Å². The normalized spacial score (nSPS) is 40.8. The number of aliphatic hydroxyl groups excluding tert-OH is 1. The second kappa shape index (κ2) is 3.94. The summed E-state index contributed by atoms with van der Waals surface area (Å²) in [6.45, 7) is 8.76. The molecule has 0 radical (unpaired) electrons. The smallest absolute Gasteiger partial charge is 0.159 e. The fourth-order valence-electron chi connectivity index (χ4n) is 4.47. The van der Waals surface area contributed by atoms with E-state index in [0.29, 0.717) is 0 Å². The van der Waals surface area contributed by atoms with E-state index < -0.39 is 0 Å². The van der Waals surface area contributed by atoms with Gasteiger partial charge in [-0.25, -0.2) is 0 Å². The van der Waals surface area contributed by atoms with Crippen LogP contribution < -0.4 is 0 Å². The van der Waals surface area contributed by atoms with Gasteiger partial charge >= 0.3 is 0 Å². The van der Waals surface area contributed by atoms with Crippen molar-refractivity contribution in [2.45, 2.75) is 47.0 Å². The van der Waals surface area contributed by atoms with E-state index in [-0.39, 0.29) is 35.1 Å². The summed E-state index contributed by atoms with van der Waals surface area (Å²) < 4.78 is 0. The molecule has 0 saturated heterocycles. The maximum absolute atomic E-state index is 12.4. The first-order valence-corrected chi connectivity index (χ1v) is 6.66. The zero-order valence-corrected chi connectivity index (χ0v) is 11.4. The molecule has 0 aromatic heterocycles. The maximum Gasteiger partial charge on any atom is 0.159 e. The molecule has 0 bridgehead atoms. The average molecular weight is 236 g/mol. The summed E-state index contributed by atoms with van der Waals surface area (Å²) in [7, 11) is 0. The van der Waals surface area contributed by atoms with Crippen LogP contribution in [0.2, 0.25) is 0 Å². The minimum Gasteiger partial charge on any atom is -0.396 e. The number of hydrogen-bond acceptors (Lipinski definition) is 2. The minimum absolute atomic E-state index is 0.0492. The third-order valence-electron chi connectivity index (χ3n) is 5.16. The van der Waals surface area contributed by atoms with Crippen molar-refractivity contribution in [1.29, 1.82) is 0 Å². The molecule has 0 amide bonds. The second-order valence-electron chi connectivity index (χ2n) is 6.81. The Morgan fingerprint density at radius 1 is 1.35 bits per heavy atom. The monoisotopic (exact) mass is 236 g/mol. The molecule has 2 aliphatic carbocycles. The molecule has 2 rings (SSSR count). The van der Waals surface area contributed by atoms with E-state index in [4.69, 9.17) is 0 Å². The van der Waals surface area contributed by atoms with Crippen LogP contribution >= 0.6 is 0 Å². The highest BCUT2D eigenvalue weighted by Gasteiger charge is 2.55. The number of rotatable bonds is 1. The molecule has 1 unspecified atom stereocenters. The van der Waals surface area contributed by atoms with Crippen LogP contribution in [0, 0.1) is 22.7 Å². The van der Waals surface area contributed by atoms with Crippen LogP contribution in [0.15, 0.2) is 11.6 Å². The molecular weight excluding hydrogens is 212 g/mol. The van der Waals surface area contributed by atoms with Crippen LogP contribution in [-0.2, 0) is 4.79 Å². The van der Waals surface area contributed by atoms with Gasteiger partial charge in [-0.3, -0.25) is 4.79 Å². The Kier molecular flexibility index (Phi) is 2.97. The summed E-state index contributed by atoms with van der Waals surface area (Å²) in [5.74, 6) is 0.508. The van der Waals surface area contributed by atoms with Gasteiger partial charge in [0.15, 0.2) is 5.78 Å². The van der Waals surface area contributed by atoms with Crippen molar-refractivity contribution in [1.82, 2.24) is 0 Å². The highest BCUT2D eigenvalue weighted by molar-refractivity contribution is 5.94. The minimum atomic E-state index is -0.0492. The molecule has 2 aliphatic rings. The van der Waals surface area contributed by atoms with E-state index >= 15 is 0 Å². The Labute approximate surface area is 104 Å². The molecule has 1 saturated carbocycles. The average Bonchev–Trinajstić information content (AvgIpc) is 2.14. The second-order valence-corrected chi connectivity index (χ2v) is 6.81. The lowest BCUT2D eigenvalue weighted by atomic mass is 9.48. The highest BCUT2D eigenvalue weighted by Crippen LogP contribution is 2.58. The first kappa shape index (κ1) is 12.8. The number of ketones is 1. The topological polar surface area (TPSA) is 37.3 Å². The number of allylic oxidation sites excluding steroid dienone is 1. The molecule has 3 atom stereocenters. The lowest BCUT2D eigenvalue weighted by molar-refractivity contribution is -0.137. The van der Waals surface area contributed by atoms with Gasteiger partial charge in [-0.05, 0) is 36.7 Å². The molecule has 0 aromatic rings. The number of aliphatic hydroxyl groups is 1. The van der Waals surface area contributed by atoms with E-state index in [1.807, 2.05) is 6.92 Å². The molecule has 0 aliphatic heterocycles. The number of hydrogen-bond donors (Lipinski definition) is 1. The van der Waals surface area contributed by atoms with Crippen LogP contribution in [-0.4, -0.2) is 17.5 Å². The van der Waals surface area contributed by atoms with Gasteiger partial charge in [-0.15, -0.1) is 0 Å². The summed E-state index contributed by atoms with van der Waals surface area (Å²) in [6, 6.07) is 0. The molecule has 1 fully saturated rings. The zero-order valence-electron chi connectivity index (χ0n) is 11.4. The van der Waals surface area contributed by atoms with Gasteiger partial charge in [0.2, 0.25) is 0 Å². The Bertz CT molecular complexity index is 367. The predicted molar refractivity (Wildman–Crippen MR) is 68.6 cm³/mol. The standard InChI is InChI=1S/C15H24O2/c1-10-8-12(17)13-14(2,3)6-5-7-15(13,4)11(10)9-16/h8,11,13,16H,5-7,9H2,1-4H3/t11-,13?,15+/m0/s1. The Balaban J connectivity index is 2.51. The van der Waals surface area contributed by atoms with Crippen molar-refractivity contribution >= 4 is 5.78 Å². The highest BCUT2D eigenvalue weighted by atomic mass is 16.3. The van der Waals surface area contributed by atoms with Crippen molar-refractivity contribution < 1.29 is 9.90 Å². The summed E-state index contributed by atoms with van der Waals surface area (Å²) in [6.07, 6.45) is 5.12. The molecule has 2 nitrogen and oxygen atoms in total. The first-order chi connectivity index (χ1) is 7.83.